The molecule has 0 aliphatic carbocycles. The van der Waals surface area contributed by atoms with E-state index in [4.69, 9.17) is 11.6 Å². The fourth-order valence-electron chi connectivity index (χ4n) is 3.58. The topological polar surface area (TPSA) is 61.2 Å². The molecule has 0 radical (unpaired) electrons. The van der Waals surface area contributed by atoms with Crippen LogP contribution in [0.5, 0.6) is 0 Å². The third-order valence-electron chi connectivity index (χ3n) is 5.31. The van der Waals surface area contributed by atoms with Gasteiger partial charge in [0.15, 0.2) is 6.04 Å². The molecule has 0 spiro atoms. The minimum Gasteiger partial charge on any atom is -0.334 e. The van der Waals surface area contributed by atoms with E-state index in [1.54, 1.807) is 28.9 Å². The molecule has 1 heterocycles. The molecule has 2 N–H and O–H groups in total. The minimum absolute atomic E-state index is 0.267. The van der Waals surface area contributed by atoms with Crippen molar-refractivity contribution in [2.45, 2.75) is 25.9 Å². The zero-order valence-corrected chi connectivity index (χ0v) is 18.1. The molecular formula is C25H23ClN3O2+. The van der Waals surface area contributed by atoms with E-state index in [1.807, 2.05) is 68.6 Å². The molecule has 0 unspecified atom stereocenters. The number of carbonyl (C=O) groups excluding carboxylic acids is 2. The van der Waals surface area contributed by atoms with Gasteiger partial charge < -0.3 is 5.32 Å². The number of hydrazine groups is 1. The fourth-order valence-corrected chi connectivity index (χ4v) is 3.71. The van der Waals surface area contributed by atoms with Crippen molar-refractivity contribution in [3.8, 4) is 0 Å². The van der Waals surface area contributed by atoms with Crippen molar-refractivity contribution >= 4 is 29.6 Å². The Balaban J connectivity index is 1.69. The molecular weight excluding hydrogens is 410 g/mol. The van der Waals surface area contributed by atoms with Crippen LogP contribution in [-0.2, 0) is 4.79 Å². The summed E-state index contributed by atoms with van der Waals surface area (Å²) >= 11 is 5.93. The lowest BCUT2D eigenvalue weighted by molar-refractivity contribution is -0.596. The number of benzene rings is 3. The highest BCUT2D eigenvalue weighted by molar-refractivity contribution is 6.30. The maximum Gasteiger partial charge on any atom is 0.304 e. The molecule has 1 fully saturated rings. The highest BCUT2D eigenvalue weighted by Gasteiger charge is 2.47. The van der Waals surface area contributed by atoms with Crippen molar-refractivity contribution in [2.75, 3.05) is 0 Å². The summed E-state index contributed by atoms with van der Waals surface area (Å²) in [6.45, 7) is 4.04. The van der Waals surface area contributed by atoms with Crippen LogP contribution in [0.3, 0.4) is 0 Å². The Kier molecular flexibility index (Phi) is 5.87. The highest BCUT2D eigenvalue weighted by atomic mass is 35.5. The Morgan fingerprint density at radius 3 is 2.13 bits per heavy atom. The van der Waals surface area contributed by atoms with Crippen LogP contribution in [0.1, 0.15) is 38.7 Å². The van der Waals surface area contributed by atoms with Crippen LogP contribution in [-0.4, -0.2) is 28.8 Å². The molecule has 2 amide bonds. The van der Waals surface area contributed by atoms with E-state index < -0.39 is 12.1 Å². The number of halogens is 1. The van der Waals surface area contributed by atoms with Gasteiger partial charge in [-0.05, 0) is 50.2 Å². The van der Waals surface area contributed by atoms with E-state index in [0.717, 1.165) is 22.3 Å². The van der Waals surface area contributed by atoms with E-state index in [0.29, 0.717) is 10.6 Å². The fraction of sp³-hybridized carbons (Fsp3) is 0.160. The summed E-state index contributed by atoms with van der Waals surface area (Å²) in [6, 6.07) is 21.4. The summed E-state index contributed by atoms with van der Waals surface area (Å²) in [4.78, 5) is 25.7. The van der Waals surface area contributed by atoms with Crippen molar-refractivity contribution in [2.24, 2.45) is 0 Å². The molecule has 6 heteroatoms. The molecule has 4 rings (SSSR count). The second-order valence-corrected chi connectivity index (χ2v) is 8.17. The molecule has 1 aliphatic heterocycles. The molecule has 0 saturated carbocycles. The summed E-state index contributed by atoms with van der Waals surface area (Å²) < 4.78 is 1.77. The maximum absolute atomic E-state index is 12.9. The normalized spacial score (nSPS) is 19.3. The molecule has 3 aromatic rings. The van der Waals surface area contributed by atoms with Crippen molar-refractivity contribution in [1.82, 2.24) is 10.7 Å². The lowest BCUT2D eigenvalue weighted by Gasteiger charge is -2.15. The molecule has 2 atom stereocenters. The van der Waals surface area contributed by atoms with Crippen LogP contribution in [0.15, 0.2) is 72.8 Å². The number of rotatable bonds is 4. The van der Waals surface area contributed by atoms with Gasteiger partial charge in [0, 0.05) is 21.7 Å². The first-order chi connectivity index (χ1) is 14.9. The number of nitrogens with one attached hydrogen (secondary N) is 2. The molecule has 3 aromatic carbocycles. The predicted molar refractivity (Wildman–Crippen MR) is 121 cm³/mol. The Morgan fingerprint density at radius 2 is 1.52 bits per heavy atom. The van der Waals surface area contributed by atoms with Gasteiger partial charge >= 0.3 is 5.91 Å². The van der Waals surface area contributed by atoms with E-state index in [1.165, 1.54) is 0 Å². The number of amides is 2. The first kappa shape index (κ1) is 20.8. The Labute approximate surface area is 186 Å². The van der Waals surface area contributed by atoms with Gasteiger partial charge in [0.2, 0.25) is 12.3 Å². The van der Waals surface area contributed by atoms with E-state index >= 15 is 0 Å². The van der Waals surface area contributed by atoms with Gasteiger partial charge in [-0.3, -0.25) is 9.59 Å². The average Bonchev–Trinajstić information content (AvgIpc) is 3.05. The minimum atomic E-state index is -0.757. The van der Waals surface area contributed by atoms with Crippen LogP contribution in [0.25, 0.3) is 0 Å². The Bertz CT molecular complexity index is 1140. The second-order valence-electron chi connectivity index (χ2n) is 7.74. The van der Waals surface area contributed by atoms with Gasteiger partial charge in [-0.15, -0.1) is 10.1 Å². The van der Waals surface area contributed by atoms with Crippen molar-refractivity contribution in [1.29, 1.82) is 0 Å². The van der Waals surface area contributed by atoms with Crippen LogP contribution < -0.4 is 10.7 Å². The smallest absolute Gasteiger partial charge is 0.304 e. The SMILES string of the molecule is Cc1ccc(/C=[N+]2\NC(=O)[C@@H](NC(=O)c3ccc(Cl)cc3)[C@@H]2c2ccc(C)cc2)cc1. The Hall–Kier alpha value is -3.44. The maximum atomic E-state index is 12.9. The van der Waals surface area contributed by atoms with Crippen LogP contribution in [0.4, 0.5) is 0 Å². The number of nitrogens with zero attached hydrogens (tertiary/aromatic N) is 1. The van der Waals surface area contributed by atoms with Gasteiger partial charge in [-0.25, -0.2) is 0 Å². The number of aryl methyl sites for hydroxylation is 2. The summed E-state index contributed by atoms with van der Waals surface area (Å²) in [5.41, 5.74) is 7.50. The molecule has 0 aromatic heterocycles. The molecule has 5 nitrogen and oxygen atoms in total. The van der Waals surface area contributed by atoms with Crippen LogP contribution in [0.2, 0.25) is 5.02 Å². The number of carbonyl (C=O) groups is 2. The zero-order chi connectivity index (χ0) is 22.0. The first-order valence-electron chi connectivity index (χ1n) is 10.0. The highest BCUT2D eigenvalue weighted by Crippen LogP contribution is 2.26. The average molecular weight is 433 g/mol. The summed E-state index contributed by atoms with van der Waals surface area (Å²) in [7, 11) is 0. The Morgan fingerprint density at radius 1 is 0.935 bits per heavy atom. The summed E-state index contributed by atoms with van der Waals surface area (Å²) in [5.74, 6) is -0.595. The molecule has 0 bridgehead atoms. The first-order valence-corrected chi connectivity index (χ1v) is 10.4. The molecule has 1 aliphatic rings. The van der Waals surface area contributed by atoms with Gasteiger partial charge in [-0.1, -0.05) is 59.1 Å². The number of hydrazone groups is 1. The van der Waals surface area contributed by atoms with Gasteiger partial charge in [0.05, 0.1) is 0 Å². The lowest BCUT2D eigenvalue weighted by atomic mass is 9.98. The summed E-state index contributed by atoms with van der Waals surface area (Å²) in [5, 5.41) is 3.44. The molecule has 1 saturated heterocycles. The van der Waals surface area contributed by atoms with Crippen LogP contribution in [0, 0.1) is 13.8 Å². The zero-order valence-electron chi connectivity index (χ0n) is 17.3. The monoisotopic (exact) mass is 432 g/mol. The van der Waals surface area contributed by atoms with Gasteiger partial charge in [0.25, 0.3) is 5.91 Å². The van der Waals surface area contributed by atoms with Crippen molar-refractivity contribution in [3.05, 3.63) is 106 Å². The largest absolute Gasteiger partial charge is 0.334 e. The van der Waals surface area contributed by atoms with Gasteiger partial charge in [0.1, 0.15) is 0 Å². The van der Waals surface area contributed by atoms with E-state index in [-0.39, 0.29) is 11.8 Å². The lowest BCUT2D eigenvalue weighted by Crippen LogP contribution is -2.42. The molecule has 156 valence electrons. The predicted octanol–water partition coefficient (Wildman–Crippen LogP) is 3.97. The standard InChI is InChI=1S/C25H22ClN3O2/c1-16-3-7-18(8-4-16)15-29-23(19-9-5-17(2)6-10-19)22(25(31)28-29)27-24(30)20-11-13-21(26)14-12-20/h3-15,22-23H,1-2H3,(H-,27,28,30,31)/p+1/b29-15-/t22-,23-/m0/s1. The van der Waals surface area contributed by atoms with Crippen LogP contribution >= 0.6 is 11.6 Å². The van der Waals surface area contributed by atoms with Crippen molar-refractivity contribution in [3.63, 3.8) is 0 Å². The van der Waals surface area contributed by atoms with E-state index in [2.05, 4.69) is 10.7 Å². The number of hydrogen-bond acceptors (Lipinski definition) is 2. The third-order valence-corrected chi connectivity index (χ3v) is 5.57. The third kappa shape index (κ3) is 4.67. The summed E-state index contributed by atoms with van der Waals surface area (Å²) in [6.07, 6.45) is 1.89. The quantitative estimate of drug-likeness (QED) is 0.613. The second kappa shape index (κ2) is 8.74. The van der Waals surface area contributed by atoms with Gasteiger partial charge in [-0.2, -0.15) is 0 Å². The van der Waals surface area contributed by atoms with Crippen molar-refractivity contribution < 1.29 is 14.3 Å². The number of hydrogen-bond donors (Lipinski definition) is 2. The molecule has 31 heavy (non-hydrogen) atoms. The van der Waals surface area contributed by atoms with E-state index in [9.17, 15) is 9.59 Å².